The molecule has 0 bridgehead atoms. The van der Waals surface area contributed by atoms with Crippen molar-refractivity contribution in [1.82, 2.24) is 9.47 Å². The molecule has 0 atom stereocenters. The van der Waals surface area contributed by atoms with Crippen LogP contribution < -0.4 is 24.8 Å². The second kappa shape index (κ2) is 12.1. The average Bonchev–Trinajstić information content (AvgIpc) is 3.60. The molecule has 4 heterocycles. The van der Waals surface area contributed by atoms with Gasteiger partial charge in [-0.15, -0.1) is 0 Å². The van der Waals surface area contributed by atoms with Crippen molar-refractivity contribution < 1.29 is 14.3 Å². The molecule has 11 heteroatoms. The number of ether oxygens (including phenoxy) is 2. The Hall–Kier alpha value is -4.27. The largest absolute Gasteiger partial charge is 0.454 e. The van der Waals surface area contributed by atoms with Crippen LogP contribution in [-0.4, -0.2) is 52.7 Å². The summed E-state index contributed by atoms with van der Waals surface area (Å²) in [4.78, 5) is 33.9. The van der Waals surface area contributed by atoms with Crippen molar-refractivity contribution in [2.75, 3.05) is 42.8 Å². The lowest BCUT2D eigenvalue weighted by Gasteiger charge is -2.39. The molecule has 2 saturated heterocycles. The maximum atomic E-state index is 13.7. The predicted molar refractivity (Wildman–Crippen MR) is 173 cm³/mol. The number of thioether (sulfide) groups is 1. The van der Waals surface area contributed by atoms with Gasteiger partial charge in [0.15, 0.2) is 11.5 Å². The maximum Gasteiger partial charge on any atom is 0.270 e. The summed E-state index contributed by atoms with van der Waals surface area (Å²) in [6.07, 6.45) is 2.54. The highest BCUT2D eigenvalue weighted by molar-refractivity contribution is 8.26. The van der Waals surface area contributed by atoms with Crippen LogP contribution in [0.2, 0.25) is 0 Å². The lowest BCUT2D eigenvalue weighted by Crippen LogP contribution is -2.48. The third kappa shape index (κ3) is 5.48. The van der Waals surface area contributed by atoms with Crippen molar-refractivity contribution in [3.05, 3.63) is 86.0 Å². The number of aromatic nitrogens is 1. The minimum absolute atomic E-state index is 0.0993. The molecule has 43 heavy (non-hydrogen) atoms. The van der Waals surface area contributed by atoms with Gasteiger partial charge in [-0.05, 0) is 54.8 Å². The number of nitriles is 1. The number of para-hydroxylation sites is 1. The smallest absolute Gasteiger partial charge is 0.270 e. The van der Waals surface area contributed by atoms with Gasteiger partial charge in [-0.3, -0.25) is 19.1 Å². The predicted octanol–water partition coefficient (Wildman–Crippen LogP) is 4.90. The van der Waals surface area contributed by atoms with Gasteiger partial charge in [0.25, 0.3) is 11.5 Å². The number of anilines is 2. The molecule has 0 N–H and O–H groups in total. The standard InChI is InChI=1S/C32H31N5O4S2/c1-3-11-36-29(35-14-12-34(13-15-35)23-7-5-4-6-8-23)24(21(2)25(18-33)30(36)38)17-28-31(39)37(32(42)43-28)19-22-9-10-26-27(16-22)41-20-40-26/h4-10,16-17H,3,11-15,19-20H2,1-2H3. The van der Waals surface area contributed by atoms with Gasteiger partial charge in [0.2, 0.25) is 6.79 Å². The maximum absolute atomic E-state index is 13.7. The van der Waals surface area contributed by atoms with E-state index in [-0.39, 0.29) is 23.8 Å². The van der Waals surface area contributed by atoms with E-state index in [2.05, 4.69) is 28.0 Å². The summed E-state index contributed by atoms with van der Waals surface area (Å²) in [5.74, 6) is 1.86. The molecule has 1 aromatic heterocycles. The Bertz CT molecular complexity index is 1720. The fourth-order valence-corrected chi connectivity index (χ4v) is 6.96. The Kier molecular flexibility index (Phi) is 8.15. The van der Waals surface area contributed by atoms with Crippen LogP contribution in [-0.2, 0) is 17.9 Å². The molecule has 2 aromatic carbocycles. The van der Waals surface area contributed by atoms with E-state index in [1.807, 2.05) is 49.4 Å². The molecule has 0 aliphatic carbocycles. The average molecular weight is 614 g/mol. The number of nitrogens with zero attached hydrogens (tertiary/aromatic N) is 5. The Labute approximate surface area is 259 Å². The zero-order valence-electron chi connectivity index (χ0n) is 24.0. The highest BCUT2D eigenvalue weighted by Crippen LogP contribution is 2.38. The third-order valence-corrected chi connectivity index (χ3v) is 9.30. The van der Waals surface area contributed by atoms with Crippen LogP contribution in [0.4, 0.5) is 11.5 Å². The summed E-state index contributed by atoms with van der Waals surface area (Å²) in [5.41, 5.74) is 3.12. The van der Waals surface area contributed by atoms with E-state index in [4.69, 9.17) is 21.7 Å². The van der Waals surface area contributed by atoms with E-state index in [9.17, 15) is 14.9 Å². The van der Waals surface area contributed by atoms with E-state index in [0.29, 0.717) is 58.0 Å². The number of benzene rings is 2. The van der Waals surface area contributed by atoms with Crippen molar-refractivity contribution in [2.45, 2.75) is 33.4 Å². The Morgan fingerprint density at radius 1 is 1.02 bits per heavy atom. The molecule has 3 aliphatic rings. The van der Waals surface area contributed by atoms with Crippen LogP contribution in [0.15, 0.2) is 58.2 Å². The lowest BCUT2D eigenvalue weighted by atomic mass is 10.0. The molecule has 0 saturated carbocycles. The third-order valence-electron chi connectivity index (χ3n) is 7.92. The number of carbonyl (C=O) groups is 1. The lowest BCUT2D eigenvalue weighted by molar-refractivity contribution is -0.122. The number of piperazine rings is 1. The summed E-state index contributed by atoms with van der Waals surface area (Å²) in [5, 5.41) is 9.98. The number of thiocarbonyl (C=S) groups is 1. The molecule has 3 aliphatic heterocycles. The van der Waals surface area contributed by atoms with Crippen molar-refractivity contribution in [1.29, 1.82) is 5.26 Å². The van der Waals surface area contributed by atoms with E-state index in [1.54, 1.807) is 16.4 Å². The fraction of sp³-hybridized carbons (Fsp3) is 0.312. The fourth-order valence-electron chi connectivity index (χ4n) is 5.72. The van der Waals surface area contributed by atoms with Gasteiger partial charge in [0, 0.05) is 44.0 Å². The first-order valence-corrected chi connectivity index (χ1v) is 15.5. The van der Waals surface area contributed by atoms with Crippen LogP contribution in [0.5, 0.6) is 11.5 Å². The van der Waals surface area contributed by atoms with Crippen LogP contribution in [0.3, 0.4) is 0 Å². The van der Waals surface area contributed by atoms with Crippen LogP contribution in [0.1, 0.15) is 35.6 Å². The highest BCUT2D eigenvalue weighted by atomic mass is 32.2. The number of hydrogen-bond donors (Lipinski definition) is 0. The number of pyridine rings is 1. The number of carbonyl (C=O) groups excluding carboxylic acids is 1. The first kappa shape index (κ1) is 28.8. The zero-order valence-corrected chi connectivity index (χ0v) is 25.7. The SMILES string of the molecule is CCCn1c(N2CCN(c3ccccc3)CC2)c(C=C2SC(=S)N(Cc3ccc4c(c3)OCO4)C2=O)c(C)c(C#N)c1=O. The molecule has 0 spiro atoms. The monoisotopic (exact) mass is 613 g/mol. The summed E-state index contributed by atoms with van der Waals surface area (Å²) >= 11 is 6.88. The van der Waals surface area contributed by atoms with E-state index < -0.39 is 0 Å². The topological polar surface area (TPSA) is 91.0 Å². The molecule has 1 amide bonds. The van der Waals surface area contributed by atoms with Gasteiger partial charge in [-0.2, -0.15) is 5.26 Å². The van der Waals surface area contributed by atoms with E-state index in [0.717, 1.165) is 36.6 Å². The molecule has 6 rings (SSSR count). The molecular formula is C32H31N5O4S2. The molecular weight excluding hydrogens is 583 g/mol. The number of amides is 1. The summed E-state index contributed by atoms with van der Waals surface area (Å²) in [6.45, 7) is 7.68. The van der Waals surface area contributed by atoms with Crippen LogP contribution >= 0.6 is 24.0 Å². The number of hydrogen-bond acceptors (Lipinski definition) is 9. The molecule has 3 aromatic rings. The van der Waals surface area contributed by atoms with Crippen molar-refractivity contribution in [3.63, 3.8) is 0 Å². The second-order valence-electron chi connectivity index (χ2n) is 10.6. The Morgan fingerprint density at radius 3 is 2.47 bits per heavy atom. The normalized spacial score (nSPS) is 17.2. The summed E-state index contributed by atoms with van der Waals surface area (Å²) in [6, 6.07) is 18.0. The Morgan fingerprint density at radius 2 is 1.74 bits per heavy atom. The summed E-state index contributed by atoms with van der Waals surface area (Å²) < 4.78 is 13.1. The molecule has 2 fully saturated rings. The number of fused-ring (bicyclic) bond motifs is 1. The van der Waals surface area contributed by atoms with Gasteiger partial charge in [0.1, 0.15) is 21.8 Å². The van der Waals surface area contributed by atoms with Gasteiger partial charge in [0.05, 0.1) is 11.4 Å². The van der Waals surface area contributed by atoms with Gasteiger partial charge >= 0.3 is 0 Å². The first-order chi connectivity index (χ1) is 20.9. The van der Waals surface area contributed by atoms with Crippen molar-refractivity contribution in [3.8, 4) is 17.6 Å². The number of rotatable bonds is 7. The van der Waals surface area contributed by atoms with Gasteiger partial charge < -0.3 is 19.3 Å². The van der Waals surface area contributed by atoms with Crippen molar-refractivity contribution >= 4 is 51.8 Å². The zero-order chi connectivity index (χ0) is 30.1. The van der Waals surface area contributed by atoms with Gasteiger partial charge in [-0.25, -0.2) is 0 Å². The van der Waals surface area contributed by atoms with E-state index in [1.165, 1.54) is 11.8 Å². The molecule has 220 valence electrons. The molecule has 0 unspecified atom stereocenters. The van der Waals surface area contributed by atoms with Crippen molar-refractivity contribution in [2.24, 2.45) is 0 Å². The van der Waals surface area contributed by atoms with Gasteiger partial charge in [-0.1, -0.05) is 55.2 Å². The van der Waals surface area contributed by atoms with Crippen LogP contribution in [0, 0.1) is 18.3 Å². The molecule has 0 radical (unpaired) electrons. The Balaban J connectivity index is 1.35. The van der Waals surface area contributed by atoms with E-state index >= 15 is 0 Å². The minimum atomic E-state index is -0.296. The second-order valence-corrected chi connectivity index (χ2v) is 12.2. The summed E-state index contributed by atoms with van der Waals surface area (Å²) in [7, 11) is 0. The van der Waals surface area contributed by atoms with Crippen LogP contribution in [0.25, 0.3) is 6.08 Å². The quantitative estimate of drug-likeness (QED) is 0.273. The minimum Gasteiger partial charge on any atom is -0.454 e. The molecule has 9 nitrogen and oxygen atoms in total. The first-order valence-electron chi connectivity index (χ1n) is 14.3. The highest BCUT2D eigenvalue weighted by Gasteiger charge is 2.34.